The Labute approximate surface area is 81.8 Å². The van der Waals surface area contributed by atoms with Crippen molar-refractivity contribution in [1.82, 2.24) is 0 Å². The standard InChI is InChI=1S/C9H15BrO2/c1-8(9(11)12)6-4-2-3-5-7-10/h1-7H2,(H,11,12). The summed E-state index contributed by atoms with van der Waals surface area (Å²) in [6, 6.07) is 0. The summed E-state index contributed by atoms with van der Waals surface area (Å²) in [4.78, 5) is 10.3. The molecule has 0 heterocycles. The second-order valence-corrected chi connectivity index (χ2v) is 3.55. The van der Waals surface area contributed by atoms with Gasteiger partial charge in [0.05, 0.1) is 0 Å². The number of carboxylic acids is 1. The van der Waals surface area contributed by atoms with Crippen molar-refractivity contribution in [1.29, 1.82) is 0 Å². The third-order valence-electron chi connectivity index (χ3n) is 1.66. The summed E-state index contributed by atoms with van der Waals surface area (Å²) in [7, 11) is 0. The van der Waals surface area contributed by atoms with E-state index in [9.17, 15) is 4.79 Å². The van der Waals surface area contributed by atoms with Gasteiger partial charge in [0.1, 0.15) is 0 Å². The van der Waals surface area contributed by atoms with Gasteiger partial charge in [0, 0.05) is 10.9 Å². The number of halogens is 1. The first-order valence-electron chi connectivity index (χ1n) is 4.15. The number of hydrogen-bond donors (Lipinski definition) is 1. The molecule has 0 aliphatic rings. The van der Waals surface area contributed by atoms with Crippen LogP contribution in [0.5, 0.6) is 0 Å². The maximum absolute atomic E-state index is 10.3. The molecule has 0 aromatic carbocycles. The molecule has 70 valence electrons. The van der Waals surface area contributed by atoms with E-state index in [2.05, 4.69) is 22.5 Å². The van der Waals surface area contributed by atoms with Crippen LogP contribution in [-0.2, 0) is 4.79 Å². The maximum atomic E-state index is 10.3. The van der Waals surface area contributed by atoms with E-state index in [4.69, 9.17) is 5.11 Å². The Hall–Kier alpha value is -0.310. The summed E-state index contributed by atoms with van der Waals surface area (Å²) < 4.78 is 0. The van der Waals surface area contributed by atoms with Gasteiger partial charge in [-0.05, 0) is 19.3 Å². The highest BCUT2D eigenvalue weighted by Crippen LogP contribution is 2.09. The molecular weight excluding hydrogens is 220 g/mol. The number of unbranched alkanes of at least 4 members (excludes halogenated alkanes) is 3. The highest BCUT2D eigenvalue weighted by molar-refractivity contribution is 9.09. The zero-order valence-corrected chi connectivity index (χ0v) is 8.77. The van der Waals surface area contributed by atoms with Crippen LogP contribution < -0.4 is 0 Å². The molecule has 0 fully saturated rings. The van der Waals surface area contributed by atoms with E-state index < -0.39 is 5.97 Å². The Morgan fingerprint density at radius 3 is 2.33 bits per heavy atom. The van der Waals surface area contributed by atoms with Crippen LogP contribution in [0, 0.1) is 0 Å². The monoisotopic (exact) mass is 234 g/mol. The van der Waals surface area contributed by atoms with Crippen LogP contribution in [0.2, 0.25) is 0 Å². The highest BCUT2D eigenvalue weighted by Gasteiger charge is 2.01. The molecule has 0 saturated carbocycles. The Bertz CT molecular complexity index is 155. The molecule has 0 amide bonds. The highest BCUT2D eigenvalue weighted by atomic mass is 79.9. The fraction of sp³-hybridized carbons (Fsp3) is 0.667. The van der Waals surface area contributed by atoms with Crippen molar-refractivity contribution < 1.29 is 9.90 Å². The summed E-state index contributed by atoms with van der Waals surface area (Å²) in [5.74, 6) is -0.865. The van der Waals surface area contributed by atoms with Crippen LogP contribution in [0.25, 0.3) is 0 Å². The molecule has 1 N–H and O–H groups in total. The number of aliphatic carboxylic acids is 1. The van der Waals surface area contributed by atoms with Crippen molar-refractivity contribution in [3.05, 3.63) is 12.2 Å². The van der Waals surface area contributed by atoms with Gasteiger partial charge in [0.25, 0.3) is 0 Å². The van der Waals surface area contributed by atoms with Gasteiger partial charge in [-0.15, -0.1) is 0 Å². The lowest BCUT2D eigenvalue weighted by atomic mass is 10.1. The molecule has 0 rings (SSSR count). The molecule has 12 heavy (non-hydrogen) atoms. The largest absolute Gasteiger partial charge is 0.478 e. The van der Waals surface area contributed by atoms with Gasteiger partial charge in [0.2, 0.25) is 0 Å². The predicted octanol–water partition coefficient (Wildman–Crippen LogP) is 2.97. The molecule has 0 radical (unpaired) electrons. The third kappa shape index (κ3) is 6.40. The lowest BCUT2D eigenvalue weighted by Gasteiger charge is -1.99. The van der Waals surface area contributed by atoms with Crippen molar-refractivity contribution in [2.45, 2.75) is 32.1 Å². The molecular formula is C9H15BrO2. The number of hydrogen-bond acceptors (Lipinski definition) is 1. The third-order valence-corrected chi connectivity index (χ3v) is 2.23. The summed E-state index contributed by atoms with van der Waals surface area (Å²) in [5.41, 5.74) is 0.328. The number of carbonyl (C=O) groups is 1. The van der Waals surface area contributed by atoms with Crippen molar-refractivity contribution in [2.24, 2.45) is 0 Å². The fourth-order valence-corrected chi connectivity index (χ4v) is 1.29. The van der Waals surface area contributed by atoms with Gasteiger partial charge in [-0.25, -0.2) is 4.79 Å². The second kappa shape index (κ2) is 7.35. The Kier molecular flexibility index (Phi) is 7.16. The number of carboxylic acid groups (broad SMARTS) is 1. The zero-order chi connectivity index (χ0) is 9.40. The molecule has 0 aromatic rings. The van der Waals surface area contributed by atoms with Gasteiger partial charge in [-0.2, -0.15) is 0 Å². The summed E-state index contributed by atoms with van der Waals surface area (Å²) >= 11 is 3.34. The minimum atomic E-state index is -0.865. The van der Waals surface area contributed by atoms with Gasteiger partial charge in [-0.3, -0.25) is 0 Å². The predicted molar refractivity (Wildman–Crippen MR) is 53.7 cm³/mol. The number of rotatable bonds is 7. The van der Waals surface area contributed by atoms with E-state index in [1.54, 1.807) is 0 Å². The molecule has 0 spiro atoms. The first kappa shape index (κ1) is 11.7. The van der Waals surface area contributed by atoms with Crippen LogP contribution in [0.4, 0.5) is 0 Å². The Morgan fingerprint density at radius 1 is 1.25 bits per heavy atom. The van der Waals surface area contributed by atoms with Crippen LogP contribution in [0.1, 0.15) is 32.1 Å². The molecule has 3 heteroatoms. The lowest BCUT2D eigenvalue weighted by Crippen LogP contribution is -1.98. The Balaban J connectivity index is 3.20. The van der Waals surface area contributed by atoms with Crippen molar-refractivity contribution in [3.8, 4) is 0 Å². The number of alkyl halides is 1. The molecule has 0 aromatic heterocycles. The van der Waals surface area contributed by atoms with Gasteiger partial charge in [-0.1, -0.05) is 35.4 Å². The van der Waals surface area contributed by atoms with Gasteiger partial charge >= 0.3 is 5.97 Å². The lowest BCUT2D eigenvalue weighted by molar-refractivity contribution is -0.132. The molecule has 0 aliphatic heterocycles. The fourth-order valence-electron chi connectivity index (χ4n) is 0.893. The van der Waals surface area contributed by atoms with E-state index >= 15 is 0 Å². The average molecular weight is 235 g/mol. The first-order valence-corrected chi connectivity index (χ1v) is 5.27. The first-order chi connectivity index (χ1) is 5.68. The van der Waals surface area contributed by atoms with Crippen LogP contribution in [-0.4, -0.2) is 16.4 Å². The van der Waals surface area contributed by atoms with Crippen molar-refractivity contribution in [2.75, 3.05) is 5.33 Å². The van der Waals surface area contributed by atoms with Gasteiger partial charge in [0.15, 0.2) is 0 Å². The topological polar surface area (TPSA) is 37.3 Å². The van der Waals surface area contributed by atoms with Crippen LogP contribution in [0.3, 0.4) is 0 Å². The van der Waals surface area contributed by atoms with Crippen molar-refractivity contribution >= 4 is 21.9 Å². The Morgan fingerprint density at radius 2 is 1.83 bits per heavy atom. The second-order valence-electron chi connectivity index (χ2n) is 2.76. The van der Waals surface area contributed by atoms with E-state index in [-0.39, 0.29) is 0 Å². The SMILES string of the molecule is C=C(CCCCCCBr)C(=O)O. The van der Waals surface area contributed by atoms with E-state index in [0.717, 1.165) is 24.6 Å². The quantitative estimate of drug-likeness (QED) is 0.418. The summed E-state index contributed by atoms with van der Waals surface area (Å²) in [5, 5.41) is 9.51. The molecule has 0 aliphatic carbocycles. The molecule has 0 atom stereocenters. The smallest absolute Gasteiger partial charge is 0.330 e. The maximum Gasteiger partial charge on any atom is 0.330 e. The summed E-state index contributed by atoms with van der Waals surface area (Å²) in [6.07, 6.45) is 4.99. The van der Waals surface area contributed by atoms with E-state index in [1.165, 1.54) is 6.42 Å². The molecule has 2 nitrogen and oxygen atoms in total. The minimum Gasteiger partial charge on any atom is -0.478 e. The van der Waals surface area contributed by atoms with Crippen LogP contribution >= 0.6 is 15.9 Å². The minimum absolute atomic E-state index is 0.328. The summed E-state index contributed by atoms with van der Waals surface area (Å²) in [6.45, 7) is 3.46. The average Bonchev–Trinajstić information content (AvgIpc) is 2.03. The van der Waals surface area contributed by atoms with Crippen molar-refractivity contribution in [3.63, 3.8) is 0 Å². The van der Waals surface area contributed by atoms with Crippen LogP contribution in [0.15, 0.2) is 12.2 Å². The molecule has 0 unspecified atom stereocenters. The normalized spacial score (nSPS) is 9.75. The van der Waals surface area contributed by atoms with E-state index in [0.29, 0.717) is 12.0 Å². The van der Waals surface area contributed by atoms with Gasteiger partial charge < -0.3 is 5.11 Å². The molecule has 0 saturated heterocycles. The zero-order valence-electron chi connectivity index (χ0n) is 7.18. The molecule has 0 bridgehead atoms. The van der Waals surface area contributed by atoms with E-state index in [1.807, 2.05) is 0 Å².